The van der Waals surface area contributed by atoms with Crippen LogP contribution < -0.4 is 5.32 Å². The van der Waals surface area contributed by atoms with E-state index in [0.717, 1.165) is 32.6 Å². The predicted octanol–water partition coefficient (Wildman–Crippen LogP) is 1.63. The van der Waals surface area contributed by atoms with E-state index in [1.165, 1.54) is 15.9 Å². The molecule has 0 atom stereocenters. The van der Waals surface area contributed by atoms with Gasteiger partial charge < -0.3 is 5.32 Å². The van der Waals surface area contributed by atoms with Crippen molar-refractivity contribution in [3.8, 4) is 0 Å². The van der Waals surface area contributed by atoms with Gasteiger partial charge in [0.25, 0.3) is 0 Å². The highest BCUT2D eigenvalue weighted by Gasteiger charge is 2.24. The zero-order valence-electron chi connectivity index (χ0n) is 10.8. The molecule has 2 rings (SSSR count). The standard InChI is InChI=1S/C12H21BrN4/c1-4-10-12(13)11(17(5-2)15-10)8-16(3)9-6-14-7-9/h9,14H,4-8H2,1-3H3. The zero-order valence-corrected chi connectivity index (χ0v) is 12.4. The lowest BCUT2D eigenvalue weighted by Gasteiger charge is -2.35. The van der Waals surface area contributed by atoms with Gasteiger partial charge in [0.15, 0.2) is 0 Å². The first kappa shape index (κ1) is 13.1. The highest BCUT2D eigenvalue weighted by atomic mass is 79.9. The highest BCUT2D eigenvalue weighted by Crippen LogP contribution is 2.24. The van der Waals surface area contributed by atoms with Gasteiger partial charge in [-0.2, -0.15) is 5.10 Å². The largest absolute Gasteiger partial charge is 0.314 e. The molecule has 4 nitrogen and oxygen atoms in total. The number of aromatic nitrogens is 2. The van der Waals surface area contributed by atoms with Gasteiger partial charge in [0.05, 0.1) is 15.9 Å². The van der Waals surface area contributed by atoms with E-state index in [-0.39, 0.29) is 0 Å². The van der Waals surface area contributed by atoms with Gasteiger partial charge in [-0.05, 0) is 36.3 Å². The Morgan fingerprint density at radius 3 is 2.65 bits per heavy atom. The van der Waals surface area contributed by atoms with Gasteiger partial charge in [0.2, 0.25) is 0 Å². The molecule has 2 heterocycles. The molecule has 1 aliphatic heterocycles. The molecule has 5 heteroatoms. The maximum Gasteiger partial charge on any atom is 0.0767 e. The van der Waals surface area contributed by atoms with Gasteiger partial charge in [-0.3, -0.25) is 9.58 Å². The lowest BCUT2D eigenvalue weighted by atomic mass is 10.1. The summed E-state index contributed by atoms with van der Waals surface area (Å²) in [6.07, 6.45) is 0.981. The molecule has 1 aromatic heterocycles. The van der Waals surface area contributed by atoms with Gasteiger partial charge in [-0.15, -0.1) is 0 Å². The third-order valence-electron chi connectivity index (χ3n) is 3.48. The van der Waals surface area contributed by atoms with E-state index < -0.39 is 0 Å². The van der Waals surface area contributed by atoms with Crippen molar-refractivity contribution in [3.05, 3.63) is 15.9 Å². The van der Waals surface area contributed by atoms with E-state index in [1.807, 2.05) is 0 Å². The van der Waals surface area contributed by atoms with Gasteiger partial charge >= 0.3 is 0 Å². The van der Waals surface area contributed by atoms with Crippen LogP contribution in [0, 0.1) is 0 Å². The second-order valence-electron chi connectivity index (χ2n) is 4.60. The topological polar surface area (TPSA) is 33.1 Å². The van der Waals surface area contributed by atoms with Crippen molar-refractivity contribution in [2.24, 2.45) is 0 Å². The van der Waals surface area contributed by atoms with Gasteiger partial charge in [-0.25, -0.2) is 0 Å². The maximum absolute atomic E-state index is 4.63. The Labute approximate surface area is 111 Å². The predicted molar refractivity (Wildman–Crippen MR) is 73.1 cm³/mol. The average molecular weight is 301 g/mol. The molecule has 1 aliphatic rings. The Bertz CT molecular complexity index is 384. The van der Waals surface area contributed by atoms with Crippen LogP contribution in [0.4, 0.5) is 0 Å². The van der Waals surface area contributed by atoms with Crippen LogP contribution in [0.25, 0.3) is 0 Å². The fourth-order valence-corrected chi connectivity index (χ4v) is 2.81. The fourth-order valence-electron chi connectivity index (χ4n) is 2.12. The summed E-state index contributed by atoms with van der Waals surface area (Å²) in [5, 5.41) is 7.94. The van der Waals surface area contributed by atoms with E-state index in [0.29, 0.717) is 6.04 Å². The minimum Gasteiger partial charge on any atom is -0.314 e. The van der Waals surface area contributed by atoms with E-state index in [4.69, 9.17) is 0 Å². The van der Waals surface area contributed by atoms with Crippen LogP contribution in [0.5, 0.6) is 0 Å². The smallest absolute Gasteiger partial charge is 0.0767 e. The lowest BCUT2D eigenvalue weighted by molar-refractivity contribution is 0.168. The van der Waals surface area contributed by atoms with Crippen molar-refractivity contribution in [2.45, 2.75) is 39.4 Å². The normalized spacial score (nSPS) is 16.5. The Balaban J connectivity index is 2.15. The van der Waals surface area contributed by atoms with Crippen LogP contribution in [0.2, 0.25) is 0 Å². The molecule has 0 aromatic carbocycles. The summed E-state index contributed by atoms with van der Waals surface area (Å²) in [5.41, 5.74) is 2.47. The molecule has 0 unspecified atom stereocenters. The molecule has 17 heavy (non-hydrogen) atoms. The quantitative estimate of drug-likeness (QED) is 0.897. The number of hydrogen-bond donors (Lipinski definition) is 1. The summed E-state index contributed by atoms with van der Waals surface area (Å²) in [5.74, 6) is 0. The lowest BCUT2D eigenvalue weighted by Crippen LogP contribution is -2.55. The first-order valence-electron chi connectivity index (χ1n) is 6.32. The molecule has 96 valence electrons. The molecule has 0 aliphatic carbocycles. The van der Waals surface area contributed by atoms with Crippen LogP contribution >= 0.6 is 15.9 Å². The number of rotatable bonds is 5. The van der Waals surface area contributed by atoms with Crippen LogP contribution in [0.3, 0.4) is 0 Å². The highest BCUT2D eigenvalue weighted by molar-refractivity contribution is 9.10. The SMILES string of the molecule is CCc1nn(CC)c(CN(C)C2CNC2)c1Br. The summed E-state index contributed by atoms with van der Waals surface area (Å²) in [6, 6.07) is 0.673. The number of nitrogens with one attached hydrogen (secondary N) is 1. The van der Waals surface area contributed by atoms with E-state index in [2.05, 4.69) is 56.8 Å². The molecular weight excluding hydrogens is 280 g/mol. The maximum atomic E-state index is 4.63. The van der Waals surface area contributed by atoms with Crippen LogP contribution in [0.1, 0.15) is 25.2 Å². The Morgan fingerprint density at radius 1 is 1.47 bits per heavy atom. The molecule has 1 fully saturated rings. The van der Waals surface area contributed by atoms with Crippen molar-refractivity contribution in [1.29, 1.82) is 0 Å². The van der Waals surface area contributed by atoms with Crippen LogP contribution in [-0.4, -0.2) is 40.9 Å². The monoisotopic (exact) mass is 300 g/mol. The van der Waals surface area contributed by atoms with Crippen molar-refractivity contribution in [1.82, 2.24) is 20.0 Å². The third-order valence-corrected chi connectivity index (χ3v) is 4.39. The van der Waals surface area contributed by atoms with Crippen LogP contribution in [0.15, 0.2) is 4.47 Å². The van der Waals surface area contributed by atoms with Crippen molar-refractivity contribution < 1.29 is 0 Å². The summed E-state index contributed by atoms with van der Waals surface area (Å²) < 4.78 is 3.31. The third kappa shape index (κ3) is 2.56. The molecular formula is C12H21BrN4. The minimum absolute atomic E-state index is 0.673. The zero-order chi connectivity index (χ0) is 12.4. The van der Waals surface area contributed by atoms with E-state index in [1.54, 1.807) is 0 Å². The molecule has 0 spiro atoms. The van der Waals surface area contributed by atoms with Crippen molar-refractivity contribution in [2.75, 3.05) is 20.1 Å². The minimum atomic E-state index is 0.673. The van der Waals surface area contributed by atoms with Crippen molar-refractivity contribution >= 4 is 15.9 Å². The molecule has 0 saturated carbocycles. The van der Waals surface area contributed by atoms with E-state index >= 15 is 0 Å². The Kier molecular flexibility index (Phi) is 4.22. The first-order chi connectivity index (χ1) is 8.17. The van der Waals surface area contributed by atoms with Gasteiger partial charge in [-0.1, -0.05) is 6.92 Å². The Hall–Kier alpha value is -0.390. The van der Waals surface area contributed by atoms with Crippen molar-refractivity contribution in [3.63, 3.8) is 0 Å². The molecule has 1 N–H and O–H groups in total. The molecule has 1 saturated heterocycles. The summed E-state index contributed by atoms with van der Waals surface area (Å²) in [6.45, 7) is 8.41. The fraction of sp³-hybridized carbons (Fsp3) is 0.750. The van der Waals surface area contributed by atoms with E-state index in [9.17, 15) is 0 Å². The Morgan fingerprint density at radius 2 is 2.18 bits per heavy atom. The second kappa shape index (κ2) is 5.50. The summed E-state index contributed by atoms with van der Waals surface area (Å²) in [7, 11) is 2.19. The molecule has 0 bridgehead atoms. The summed E-state index contributed by atoms with van der Waals surface area (Å²) in [4.78, 5) is 2.41. The van der Waals surface area contributed by atoms with Crippen LogP contribution in [-0.2, 0) is 19.5 Å². The summed E-state index contributed by atoms with van der Waals surface area (Å²) >= 11 is 3.70. The number of aryl methyl sites for hydroxylation is 2. The first-order valence-corrected chi connectivity index (χ1v) is 7.11. The molecule has 1 aromatic rings. The second-order valence-corrected chi connectivity index (χ2v) is 5.40. The molecule has 0 radical (unpaired) electrons. The number of halogens is 1. The number of nitrogens with zero attached hydrogens (tertiary/aromatic N) is 3. The number of likely N-dealkylation sites (N-methyl/N-ethyl adjacent to an activating group) is 1. The molecule has 0 amide bonds. The number of hydrogen-bond acceptors (Lipinski definition) is 3. The van der Waals surface area contributed by atoms with Gasteiger partial charge in [0, 0.05) is 32.2 Å². The van der Waals surface area contributed by atoms with Gasteiger partial charge in [0.1, 0.15) is 0 Å². The average Bonchev–Trinajstić information content (AvgIpc) is 2.53.